The SMILES string of the molecule is COc1ccc2c(c1)CC(c1nc3ccc(-c4cn[nH]c4)cc3c(=O)[nH]1)NC2. The number of hydrogen-bond acceptors (Lipinski definition) is 5. The van der Waals surface area contributed by atoms with E-state index in [9.17, 15) is 4.79 Å². The lowest BCUT2D eigenvalue weighted by atomic mass is 9.95. The van der Waals surface area contributed by atoms with Crippen LogP contribution in [-0.2, 0) is 13.0 Å². The molecule has 1 unspecified atom stereocenters. The average molecular weight is 373 g/mol. The third kappa shape index (κ3) is 2.86. The summed E-state index contributed by atoms with van der Waals surface area (Å²) in [5.41, 5.74) is 4.86. The molecule has 5 rings (SSSR count). The third-order valence-corrected chi connectivity index (χ3v) is 5.26. The van der Waals surface area contributed by atoms with Gasteiger partial charge in [-0.05, 0) is 47.4 Å². The monoisotopic (exact) mass is 373 g/mol. The van der Waals surface area contributed by atoms with Gasteiger partial charge in [-0.25, -0.2) is 4.98 Å². The maximum atomic E-state index is 12.7. The summed E-state index contributed by atoms with van der Waals surface area (Å²) in [5.74, 6) is 1.49. The number of benzene rings is 2. The van der Waals surface area contributed by atoms with E-state index in [1.165, 1.54) is 11.1 Å². The number of H-pyrrole nitrogens is 2. The third-order valence-electron chi connectivity index (χ3n) is 5.26. The Labute approximate surface area is 160 Å². The van der Waals surface area contributed by atoms with Gasteiger partial charge in [-0.3, -0.25) is 9.89 Å². The van der Waals surface area contributed by atoms with Crippen molar-refractivity contribution < 1.29 is 4.74 Å². The summed E-state index contributed by atoms with van der Waals surface area (Å²) in [7, 11) is 1.67. The predicted octanol–water partition coefficient (Wildman–Crippen LogP) is 2.71. The van der Waals surface area contributed by atoms with E-state index >= 15 is 0 Å². The van der Waals surface area contributed by atoms with Gasteiger partial charge in [0.25, 0.3) is 5.56 Å². The van der Waals surface area contributed by atoms with Crippen LogP contribution in [0.25, 0.3) is 22.0 Å². The summed E-state index contributed by atoms with van der Waals surface area (Å²) in [6, 6.07) is 11.7. The summed E-state index contributed by atoms with van der Waals surface area (Å²) < 4.78 is 5.34. The van der Waals surface area contributed by atoms with Crippen LogP contribution in [-0.4, -0.2) is 27.3 Å². The molecule has 2 aromatic heterocycles. The van der Waals surface area contributed by atoms with Gasteiger partial charge in [-0.2, -0.15) is 5.10 Å². The van der Waals surface area contributed by atoms with Crippen molar-refractivity contribution in [3.8, 4) is 16.9 Å². The van der Waals surface area contributed by atoms with Gasteiger partial charge in [0, 0.05) is 18.3 Å². The fourth-order valence-electron chi connectivity index (χ4n) is 3.72. The molecule has 0 saturated heterocycles. The van der Waals surface area contributed by atoms with Gasteiger partial charge < -0.3 is 15.0 Å². The average Bonchev–Trinajstić information content (AvgIpc) is 3.27. The molecule has 28 heavy (non-hydrogen) atoms. The highest BCUT2D eigenvalue weighted by molar-refractivity contribution is 5.83. The molecule has 0 fully saturated rings. The Bertz CT molecular complexity index is 1210. The molecule has 4 aromatic rings. The molecule has 3 heterocycles. The van der Waals surface area contributed by atoms with Gasteiger partial charge in [-0.1, -0.05) is 12.1 Å². The van der Waals surface area contributed by atoms with Crippen LogP contribution in [0, 0.1) is 0 Å². The van der Waals surface area contributed by atoms with Crippen LogP contribution < -0.4 is 15.6 Å². The number of nitrogens with one attached hydrogen (secondary N) is 3. The Morgan fingerprint density at radius 2 is 2.04 bits per heavy atom. The molecule has 7 nitrogen and oxygen atoms in total. The van der Waals surface area contributed by atoms with Crippen LogP contribution in [0.4, 0.5) is 0 Å². The lowest BCUT2D eigenvalue weighted by Crippen LogP contribution is -2.31. The van der Waals surface area contributed by atoms with Crippen LogP contribution in [0.2, 0.25) is 0 Å². The molecular weight excluding hydrogens is 354 g/mol. The van der Waals surface area contributed by atoms with E-state index < -0.39 is 0 Å². The van der Waals surface area contributed by atoms with Crippen molar-refractivity contribution in [3.63, 3.8) is 0 Å². The molecule has 3 N–H and O–H groups in total. The van der Waals surface area contributed by atoms with Crippen molar-refractivity contribution in [2.75, 3.05) is 7.11 Å². The zero-order valence-electron chi connectivity index (χ0n) is 15.3. The van der Waals surface area contributed by atoms with E-state index in [4.69, 9.17) is 9.72 Å². The Balaban J connectivity index is 1.51. The lowest BCUT2D eigenvalue weighted by molar-refractivity contribution is 0.411. The molecule has 0 bridgehead atoms. The molecular formula is C21H19N5O2. The molecule has 1 aliphatic rings. The number of nitrogens with zero attached hydrogens (tertiary/aromatic N) is 2. The van der Waals surface area contributed by atoms with Gasteiger partial charge in [0.2, 0.25) is 0 Å². The quantitative estimate of drug-likeness (QED) is 0.513. The number of ether oxygens (including phenoxy) is 1. The second-order valence-corrected chi connectivity index (χ2v) is 6.94. The minimum Gasteiger partial charge on any atom is -0.497 e. The van der Waals surface area contributed by atoms with Gasteiger partial charge in [0.1, 0.15) is 11.6 Å². The van der Waals surface area contributed by atoms with Crippen molar-refractivity contribution in [1.82, 2.24) is 25.5 Å². The van der Waals surface area contributed by atoms with E-state index in [1.807, 2.05) is 24.3 Å². The molecule has 2 aromatic carbocycles. The molecule has 0 saturated carbocycles. The smallest absolute Gasteiger partial charge is 0.258 e. The summed E-state index contributed by atoms with van der Waals surface area (Å²) in [6.07, 6.45) is 4.28. The van der Waals surface area contributed by atoms with Crippen molar-refractivity contribution in [1.29, 1.82) is 0 Å². The highest BCUT2D eigenvalue weighted by Gasteiger charge is 2.22. The molecule has 0 aliphatic carbocycles. The molecule has 0 radical (unpaired) electrons. The summed E-state index contributed by atoms with van der Waals surface area (Å²) >= 11 is 0. The first-order chi connectivity index (χ1) is 13.7. The van der Waals surface area contributed by atoms with E-state index in [2.05, 4.69) is 32.6 Å². The predicted molar refractivity (Wildman–Crippen MR) is 106 cm³/mol. The largest absolute Gasteiger partial charge is 0.497 e. The van der Waals surface area contributed by atoms with Crippen LogP contribution in [0.1, 0.15) is 23.0 Å². The number of rotatable bonds is 3. The van der Waals surface area contributed by atoms with Gasteiger partial charge in [-0.15, -0.1) is 0 Å². The molecule has 1 atom stereocenters. The standard InChI is InChI=1S/C21H19N5O2/c1-28-16-4-2-13-9-22-19(8-14(13)6-16)20-25-18-5-3-12(15-10-23-24-11-15)7-17(18)21(27)26-20/h2-7,10-11,19,22H,8-9H2,1H3,(H,23,24)(H,25,26,27). The number of methoxy groups -OCH3 is 1. The zero-order chi connectivity index (χ0) is 19.1. The van der Waals surface area contributed by atoms with Gasteiger partial charge >= 0.3 is 0 Å². The van der Waals surface area contributed by atoms with E-state index in [0.29, 0.717) is 16.7 Å². The lowest BCUT2D eigenvalue weighted by Gasteiger charge is -2.26. The first kappa shape index (κ1) is 16.7. The molecule has 7 heteroatoms. The first-order valence-electron chi connectivity index (χ1n) is 9.13. The summed E-state index contributed by atoms with van der Waals surface area (Å²) in [6.45, 7) is 0.727. The van der Waals surface area contributed by atoms with Crippen molar-refractivity contribution in [3.05, 3.63) is 76.1 Å². The normalized spacial score (nSPS) is 16.1. The highest BCUT2D eigenvalue weighted by Crippen LogP contribution is 2.28. The van der Waals surface area contributed by atoms with Gasteiger partial charge in [0.15, 0.2) is 0 Å². The van der Waals surface area contributed by atoms with Crippen LogP contribution in [0.5, 0.6) is 5.75 Å². The zero-order valence-corrected chi connectivity index (χ0v) is 15.3. The highest BCUT2D eigenvalue weighted by atomic mass is 16.5. The second-order valence-electron chi connectivity index (χ2n) is 6.94. The number of hydrogen-bond donors (Lipinski definition) is 3. The minimum atomic E-state index is -0.136. The maximum absolute atomic E-state index is 12.7. The van der Waals surface area contributed by atoms with Crippen molar-refractivity contribution in [2.24, 2.45) is 0 Å². The van der Waals surface area contributed by atoms with Crippen molar-refractivity contribution >= 4 is 10.9 Å². The second kappa shape index (κ2) is 6.61. The number of fused-ring (bicyclic) bond motifs is 2. The van der Waals surface area contributed by atoms with Crippen LogP contribution in [0.3, 0.4) is 0 Å². The molecule has 140 valence electrons. The molecule has 0 spiro atoms. The molecule has 1 aliphatic heterocycles. The Kier molecular flexibility index (Phi) is 3.95. The maximum Gasteiger partial charge on any atom is 0.258 e. The van der Waals surface area contributed by atoms with E-state index in [1.54, 1.807) is 19.5 Å². The Morgan fingerprint density at radius 1 is 1.11 bits per heavy atom. The van der Waals surface area contributed by atoms with Crippen molar-refractivity contribution in [2.45, 2.75) is 19.0 Å². The Morgan fingerprint density at radius 3 is 2.86 bits per heavy atom. The topological polar surface area (TPSA) is 95.7 Å². The Hall–Kier alpha value is -3.45. The minimum absolute atomic E-state index is 0.0507. The van der Waals surface area contributed by atoms with Crippen LogP contribution >= 0.6 is 0 Å². The van der Waals surface area contributed by atoms with E-state index in [-0.39, 0.29) is 11.6 Å². The van der Waals surface area contributed by atoms with Gasteiger partial charge in [0.05, 0.1) is 30.3 Å². The summed E-state index contributed by atoms with van der Waals surface area (Å²) in [5, 5.41) is 10.8. The summed E-state index contributed by atoms with van der Waals surface area (Å²) in [4.78, 5) is 20.4. The molecule has 0 amide bonds. The number of aromatic nitrogens is 4. The fraction of sp³-hybridized carbons (Fsp3) is 0.190. The fourth-order valence-corrected chi connectivity index (χ4v) is 3.72. The number of aromatic amines is 2. The van der Waals surface area contributed by atoms with Crippen LogP contribution in [0.15, 0.2) is 53.6 Å². The van der Waals surface area contributed by atoms with E-state index in [0.717, 1.165) is 29.8 Å². The first-order valence-corrected chi connectivity index (χ1v) is 9.13.